The number of hydrogen-bond donors (Lipinski definition) is 5. The molecular weight excluding hydrogens is 626 g/mol. The van der Waals surface area contributed by atoms with Crippen LogP contribution in [0.25, 0.3) is 17.2 Å². The highest BCUT2D eigenvalue weighted by Gasteiger charge is 2.27. The van der Waals surface area contributed by atoms with Crippen LogP contribution in [-0.4, -0.2) is 64.9 Å². The van der Waals surface area contributed by atoms with Crippen molar-refractivity contribution in [2.24, 2.45) is 23.3 Å². The lowest BCUT2D eigenvalue weighted by Gasteiger charge is -2.19. The second kappa shape index (κ2) is 16.3. The fourth-order valence-corrected chi connectivity index (χ4v) is 4.98. The first kappa shape index (κ1) is 36.6. The molecular formula is C37H43N5O7. The number of amides is 1. The number of ketones is 1. The summed E-state index contributed by atoms with van der Waals surface area (Å²) in [6.07, 6.45) is 2.70. The molecule has 12 nitrogen and oxygen atoms in total. The van der Waals surface area contributed by atoms with Crippen LogP contribution in [0.5, 0.6) is 0 Å². The molecule has 0 unspecified atom stereocenters. The molecule has 0 spiro atoms. The van der Waals surface area contributed by atoms with Crippen molar-refractivity contribution in [2.75, 3.05) is 13.2 Å². The quantitative estimate of drug-likeness (QED) is 0.0645. The van der Waals surface area contributed by atoms with Gasteiger partial charge in [0, 0.05) is 29.7 Å². The third kappa shape index (κ3) is 9.46. The first-order valence-corrected chi connectivity index (χ1v) is 16.1. The number of pyridine rings is 1. The standard InChI is InChI=1S/C37H43N5O7/c1-5-24-15-29(31(44)14-22-8-10-25(11-9-22)34(39)40)28(16-26(24)18-43)27-12-13-30(35(45)41-17-23-6-7-23)42-33(27)37(47)48-19-21(4)49-36(46)32(38)20(2)3/h5,8-13,15-16,20-21,23,32,43H,1,6-7,14,17-19,38H2,2-4H3,(H3,39,40)(H,41,45)/t21-,32+/m1/s1. The summed E-state index contributed by atoms with van der Waals surface area (Å²) in [4.78, 5) is 57.4. The summed E-state index contributed by atoms with van der Waals surface area (Å²) >= 11 is 0. The van der Waals surface area contributed by atoms with Crippen LogP contribution >= 0.6 is 0 Å². The number of aliphatic hydroxyl groups is 1. The number of hydrogen-bond acceptors (Lipinski definition) is 10. The number of nitrogen functional groups attached to an aromatic ring is 1. The van der Waals surface area contributed by atoms with Crippen molar-refractivity contribution in [2.45, 2.75) is 58.8 Å². The Balaban J connectivity index is 1.73. The number of aromatic nitrogens is 1. The summed E-state index contributed by atoms with van der Waals surface area (Å²) in [5, 5.41) is 20.6. The molecule has 0 radical (unpaired) electrons. The van der Waals surface area contributed by atoms with Crippen molar-refractivity contribution in [1.82, 2.24) is 10.3 Å². The number of nitrogens with zero attached hydrogens (tertiary/aromatic N) is 1. The second-order valence-corrected chi connectivity index (χ2v) is 12.5. The summed E-state index contributed by atoms with van der Waals surface area (Å²) < 4.78 is 10.9. The van der Waals surface area contributed by atoms with Gasteiger partial charge in [-0.25, -0.2) is 9.78 Å². The van der Waals surface area contributed by atoms with Gasteiger partial charge in [0.1, 0.15) is 30.3 Å². The van der Waals surface area contributed by atoms with Gasteiger partial charge in [-0.2, -0.15) is 0 Å². The van der Waals surface area contributed by atoms with Gasteiger partial charge in [-0.3, -0.25) is 19.8 Å². The predicted molar refractivity (Wildman–Crippen MR) is 185 cm³/mol. The molecule has 0 aliphatic heterocycles. The van der Waals surface area contributed by atoms with E-state index in [2.05, 4.69) is 16.9 Å². The monoisotopic (exact) mass is 669 g/mol. The number of rotatable bonds is 16. The Morgan fingerprint density at radius 3 is 2.37 bits per heavy atom. The van der Waals surface area contributed by atoms with E-state index in [1.54, 1.807) is 57.2 Å². The Hall–Kier alpha value is -5.20. The average Bonchev–Trinajstić information content (AvgIpc) is 3.93. The van der Waals surface area contributed by atoms with Crippen LogP contribution in [0.1, 0.15) is 87.2 Å². The van der Waals surface area contributed by atoms with E-state index in [4.69, 9.17) is 26.4 Å². The molecule has 4 rings (SSSR count). The fourth-order valence-electron chi connectivity index (χ4n) is 4.98. The number of carbonyl (C=O) groups excluding carboxylic acids is 4. The Bertz CT molecular complexity index is 1750. The number of Topliss-reactive ketones (excluding diaryl/α,β-unsaturated/α-hetero) is 1. The molecule has 1 saturated carbocycles. The number of carbonyl (C=O) groups is 4. The lowest BCUT2D eigenvalue weighted by atomic mass is 9.89. The van der Waals surface area contributed by atoms with Gasteiger partial charge in [-0.05, 0) is 78.1 Å². The van der Waals surface area contributed by atoms with E-state index < -0.39 is 30.0 Å². The summed E-state index contributed by atoms with van der Waals surface area (Å²) in [5.74, 6) is -2.18. The molecule has 1 aliphatic carbocycles. The lowest BCUT2D eigenvalue weighted by Crippen LogP contribution is -2.39. The van der Waals surface area contributed by atoms with Gasteiger partial charge in [0.2, 0.25) is 0 Å². The molecule has 1 amide bonds. The predicted octanol–water partition coefficient (Wildman–Crippen LogP) is 3.80. The molecule has 2 aromatic carbocycles. The maximum atomic E-state index is 13.9. The van der Waals surface area contributed by atoms with Crippen molar-refractivity contribution in [3.05, 3.63) is 94.3 Å². The second-order valence-electron chi connectivity index (χ2n) is 12.5. The number of ether oxygens (including phenoxy) is 2. The van der Waals surface area contributed by atoms with E-state index in [0.717, 1.165) is 12.8 Å². The van der Waals surface area contributed by atoms with Crippen LogP contribution in [0.15, 0.2) is 55.1 Å². The molecule has 49 heavy (non-hydrogen) atoms. The molecule has 1 aromatic heterocycles. The first-order valence-electron chi connectivity index (χ1n) is 16.1. The molecule has 2 atom stereocenters. The number of nitrogens with one attached hydrogen (secondary N) is 2. The van der Waals surface area contributed by atoms with Crippen molar-refractivity contribution < 1.29 is 33.8 Å². The van der Waals surface area contributed by atoms with Gasteiger partial charge in [-0.15, -0.1) is 0 Å². The van der Waals surface area contributed by atoms with Gasteiger partial charge in [0.25, 0.3) is 5.91 Å². The van der Waals surface area contributed by atoms with Gasteiger partial charge in [0.15, 0.2) is 11.5 Å². The minimum atomic E-state index is -0.917. The zero-order valence-corrected chi connectivity index (χ0v) is 28.0. The fraction of sp³-hybridized carbons (Fsp3) is 0.351. The molecule has 0 bridgehead atoms. The average molecular weight is 670 g/mol. The lowest BCUT2D eigenvalue weighted by molar-refractivity contribution is -0.152. The van der Waals surface area contributed by atoms with E-state index in [1.165, 1.54) is 18.2 Å². The molecule has 7 N–H and O–H groups in total. The Morgan fingerprint density at radius 1 is 1.08 bits per heavy atom. The van der Waals surface area contributed by atoms with E-state index in [0.29, 0.717) is 34.7 Å². The van der Waals surface area contributed by atoms with Crippen LogP contribution in [-0.2, 0) is 27.3 Å². The zero-order chi connectivity index (χ0) is 35.8. The molecule has 3 aromatic rings. The third-order valence-corrected chi connectivity index (χ3v) is 8.22. The topological polar surface area (TPSA) is 208 Å². The highest BCUT2D eigenvalue weighted by Crippen LogP contribution is 2.32. The normalized spacial score (nSPS) is 13.7. The van der Waals surface area contributed by atoms with Gasteiger partial charge >= 0.3 is 11.9 Å². The summed E-state index contributed by atoms with van der Waals surface area (Å²) in [7, 11) is 0. The highest BCUT2D eigenvalue weighted by molar-refractivity contribution is 6.07. The number of aliphatic hydroxyl groups excluding tert-OH is 1. The van der Waals surface area contributed by atoms with Crippen molar-refractivity contribution in [3.8, 4) is 11.1 Å². The first-order chi connectivity index (χ1) is 23.3. The maximum Gasteiger partial charge on any atom is 0.357 e. The van der Waals surface area contributed by atoms with Crippen LogP contribution in [0, 0.1) is 17.2 Å². The Morgan fingerprint density at radius 2 is 1.78 bits per heavy atom. The maximum absolute atomic E-state index is 13.9. The van der Waals surface area contributed by atoms with Crippen molar-refractivity contribution in [3.63, 3.8) is 0 Å². The Kier molecular flexibility index (Phi) is 12.2. The molecule has 258 valence electrons. The molecule has 1 aliphatic rings. The smallest absolute Gasteiger partial charge is 0.357 e. The van der Waals surface area contributed by atoms with Gasteiger partial charge < -0.3 is 31.4 Å². The molecule has 0 saturated heterocycles. The molecule has 12 heteroatoms. The largest absolute Gasteiger partial charge is 0.458 e. The van der Waals surface area contributed by atoms with E-state index in [-0.39, 0.29) is 65.2 Å². The summed E-state index contributed by atoms with van der Waals surface area (Å²) in [6.45, 7) is 8.71. The number of nitrogens with two attached hydrogens (primary N) is 2. The highest BCUT2D eigenvalue weighted by atomic mass is 16.6. The van der Waals surface area contributed by atoms with Crippen molar-refractivity contribution >= 4 is 35.5 Å². The van der Waals surface area contributed by atoms with Gasteiger partial charge in [-0.1, -0.05) is 50.8 Å². The minimum absolute atomic E-state index is 0.0257. The third-order valence-electron chi connectivity index (χ3n) is 8.22. The number of esters is 2. The minimum Gasteiger partial charge on any atom is -0.458 e. The van der Waals surface area contributed by atoms with Crippen molar-refractivity contribution in [1.29, 1.82) is 5.41 Å². The molecule has 1 heterocycles. The zero-order valence-electron chi connectivity index (χ0n) is 28.0. The van der Waals surface area contributed by atoms with Crippen LogP contribution < -0.4 is 16.8 Å². The van der Waals surface area contributed by atoms with E-state index in [1.807, 2.05) is 0 Å². The SMILES string of the molecule is C=Cc1cc(C(=O)Cc2ccc(C(=N)N)cc2)c(-c2ccc(C(=O)NCC3CC3)nc2C(=O)OC[C@@H](C)OC(=O)[C@@H](N)C(C)C)cc1CO. The Labute approximate surface area is 285 Å². The van der Waals surface area contributed by atoms with Crippen LogP contribution in [0.3, 0.4) is 0 Å². The summed E-state index contributed by atoms with van der Waals surface area (Å²) in [5.41, 5.74) is 14.0. The summed E-state index contributed by atoms with van der Waals surface area (Å²) in [6, 6.07) is 12.0. The van der Waals surface area contributed by atoms with E-state index in [9.17, 15) is 24.3 Å². The molecule has 1 fully saturated rings. The van der Waals surface area contributed by atoms with Gasteiger partial charge in [0.05, 0.1) is 6.61 Å². The number of amidine groups is 1. The van der Waals surface area contributed by atoms with E-state index >= 15 is 0 Å². The number of benzene rings is 2. The van der Waals surface area contributed by atoms with Crippen LogP contribution in [0.4, 0.5) is 0 Å². The van der Waals surface area contributed by atoms with Crippen LogP contribution in [0.2, 0.25) is 0 Å².